The summed E-state index contributed by atoms with van der Waals surface area (Å²) in [4.78, 5) is 20.8. The molecule has 1 heterocycles. The fraction of sp³-hybridized carbons (Fsp3) is 0.267. The number of aromatic nitrogens is 2. The predicted octanol–water partition coefficient (Wildman–Crippen LogP) is 3.76. The second-order valence-corrected chi connectivity index (χ2v) is 5.69. The summed E-state index contributed by atoms with van der Waals surface area (Å²) >= 11 is 1.62. The first kappa shape index (κ1) is 15.3. The second kappa shape index (κ2) is 6.58. The number of hydrogen-bond donors (Lipinski definition) is 2. The van der Waals surface area contributed by atoms with Crippen LogP contribution in [0.15, 0.2) is 35.4 Å². The van der Waals surface area contributed by atoms with Crippen LogP contribution in [-0.4, -0.2) is 27.3 Å². The molecule has 0 saturated carbocycles. The van der Waals surface area contributed by atoms with Crippen molar-refractivity contribution in [3.8, 4) is 0 Å². The number of nitrogens with one attached hydrogen (secondary N) is 1. The van der Waals surface area contributed by atoms with Gasteiger partial charge in [0, 0.05) is 16.5 Å². The van der Waals surface area contributed by atoms with Gasteiger partial charge in [-0.05, 0) is 24.5 Å². The summed E-state index contributed by atoms with van der Waals surface area (Å²) in [7, 11) is 0. The number of carboxylic acids is 1. The first-order valence-corrected chi connectivity index (χ1v) is 7.75. The summed E-state index contributed by atoms with van der Waals surface area (Å²) in [5.41, 5.74) is 1.19. The van der Waals surface area contributed by atoms with E-state index in [-0.39, 0.29) is 11.6 Å². The Morgan fingerprint density at radius 3 is 2.76 bits per heavy atom. The normalized spacial score (nSPS) is 10.7. The fourth-order valence-electron chi connectivity index (χ4n) is 1.78. The van der Waals surface area contributed by atoms with Crippen LogP contribution in [0.1, 0.15) is 36.1 Å². The Morgan fingerprint density at radius 2 is 2.14 bits per heavy atom. The SMILES string of the molecule is CSc1cccc(Nc2cnc(C(C)C)nc2C(=O)O)c1. The van der Waals surface area contributed by atoms with Crippen molar-refractivity contribution in [2.24, 2.45) is 0 Å². The summed E-state index contributed by atoms with van der Waals surface area (Å²) in [5.74, 6) is -0.462. The second-order valence-electron chi connectivity index (χ2n) is 4.81. The number of rotatable bonds is 5. The lowest BCUT2D eigenvalue weighted by atomic mass is 10.2. The van der Waals surface area contributed by atoms with E-state index < -0.39 is 5.97 Å². The number of anilines is 2. The van der Waals surface area contributed by atoms with Crippen molar-refractivity contribution in [1.82, 2.24) is 9.97 Å². The van der Waals surface area contributed by atoms with E-state index >= 15 is 0 Å². The van der Waals surface area contributed by atoms with Crippen molar-refractivity contribution in [2.45, 2.75) is 24.7 Å². The summed E-state index contributed by atoms with van der Waals surface area (Å²) in [6.45, 7) is 3.85. The van der Waals surface area contributed by atoms with E-state index in [1.807, 2.05) is 44.4 Å². The van der Waals surface area contributed by atoms with Crippen molar-refractivity contribution in [3.05, 3.63) is 42.0 Å². The lowest BCUT2D eigenvalue weighted by molar-refractivity contribution is 0.0691. The molecule has 1 aromatic heterocycles. The maximum Gasteiger partial charge on any atom is 0.356 e. The van der Waals surface area contributed by atoms with Crippen LogP contribution < -0.4 is 5.32 Å². The molecule has 6 heteroatoms. The maximum absolute atomic E-state index is 11.4. The van der Waals surface area contributed by atoms with E-state index in [1.165, 1.54) is 6.20 Å². The van der Waals surface area contributed by atoms with Gasteiger partial charge in [-0.1, -0.05) is 19.9 Å². The number of aromatic carboxylic acids is 1. The van der Waals surface area contributed by atoms with E-state index in [9.17, 15) is 9.90 Å². The number of carbonyl (C=O) groups is 1. The fourth-order valence-corrected chi connectivity index (χ4v) is 2.24. The van der Waals surface area contributed by atoms with Crippen LogP contribution in [0.2, 0.25) is 0 Å². The van der Waals surface area contributed by atoms with Crippen LogP contribution in [0, 0.1) is 0 Å². The molecule has 21 heavy (non-hydrogen) atoms. The summed E-state index contributed by atoms with van der Waals surface area (Å²) < 4.78 is 0. The molecule has 0 radical (unpaired) electrons. The van der Waals surface area contributed by atoms with Gasteiger partial charge in [0.25, 0.3) is 0 Å². The average molecular weight is 303 g/mol. The Morgan fingerprint density at radius 1 is 1.38 bits per heavy atom. The highest BCUT2D eigenvalue weighted by atomic mass is 32.2. The highest BCUT2D eigenvalue weighted by molar-refractivity contribution is 7.98. The number of carboxylic acid groups (broad SMARTS) is 1. The lowest BCUT2D eigenvalue weighted by Crippen LogP contribution is -2.10. The molecule has 5 nitrogen and oxygen atoms in total. The van der Waals surface area contributed by atoms with Crippen molar-refractivity contribution < 1.29 is 9.90 Å². The number of thioether (sulfide) groups is 1. The zero-order valence-electron chi connectivity index (χ0n) is 12.1. The van der Waals surface area contributed by atoms with Crippen molar-refractivity contribution in [1.29, 1.82) is 0 Å². The minimum absolute atomic E-state index is 0.0109. The monoisotopic (exact) mass is 303 g/mol. The largest absolute Gasteiger partial charge is 0.476 e. The smallest absolute Gasteiger partial charge is 0.356 e. The highest BCUT2D eigenvalue weighted by Crippen LogP contribution is 2.24. The minimum Gasteiger partial charge on any atom is -0.476 e. The molecule has 0 aliphatic carbocycles. The highest BCUT2D eigenvalue weighted by Gasteiger charge is 2.15. The lowest BCUT2D eigenvalue weighted by Gasteiger charge is -2.11. The average Bonchev–Trinajstić information content (AvgIpc) is 2.47. The molecule has 0 spiro atoms. The number of nitrogens with zero attached hydrogens (tertiary/aromatic N) is 2. The van der Waals surface area contributed by atoms with Crippen LogP contribution in [0.5, 0.6) is 0 Å². The molecular formula is C15H17N3O2S. The third kappa shape index (κ3) is 3.72. The molecule has 0 bridgehead atoms. The zero-order valence-corrected chi connectivity index (χ0v) is 12.9. The zero-order chi connectivity index (χ0) is 15.4. The van der Waals surface area contributed by atoms with Gasteiger partial charge in [-0.25, -0.2) is 14.8 Å². The van der Waals surface area contributed by atoms with Crippen LogP contribution >= 0.6 is 11.8 Å². The molecule has 0 aliphatic heterocycles. The van der Waals surface area contributed by atoms with E-state index in [0.29, 0.717) is 11.5 Å². The molecule has 0 unspecified atom stereocenters. The van der Waals surface area contributed by atoms with Gasteiger partial charge in [0.2, 0.25) is 0 Å². The van der Waals surface area contributed by atoms with Gasteiger partial charge < -0.3 is 10.4 Å². The van der Waals surface area contributed by atoms with E-state index in [0.717, 1.165) is 10.6 Å². The summed E-state index contributed by atoms with van der Waals surface area (Å²) in [6.07, 6.45) is 3.51. The van der Waals surface area contributed by atoms with Gasteiger partial charge in [-0.2, -0.15) is 0 Å². The molecule has 1 aromatic carbocycles. The first-order chi connectivity index (χ1) is 10.0. The van der Waals surface area contributed by atoms with Gasteiger partial charge in [0.1, 0.15) is 5.82 Å². The molecule has 0 saturated heterocycles. The van der Waals surface area contributed by atoms with Gasteiger partial charge in [0.05, 0.1) is 11.9 Å². The Balaban J connectivity index is 2.36. The van der Waals surface area contributed by atoms with E-state index in [2.05, 4.69) is 15.3 Å². The van der Waals surface area contributed by atoms with Gasteiger partial charge in [-0.15, -0.1) is 11.8 Å². The summed E-state index contributed by atoms with van der Waals surface area (Å²) in [5, 5.41) is 12.4. The third-order valence-electron chi connectivity index (χ3n) is 2.88. The van der Waals surface area contributed by atoms with Crippen LogP contribution in [0.3, 0.4) is 0 Å². The molecule has 2 rings (SSSR count). The standard InChI is InChI=1S/C15H17N3O2S/c1-9(2)14-16-8-12(13(18-14)15(19)20)17-10-5-4-6-11(7-10)21-3/h4-9,17H,1-3H3,(H,19,20). The quantitative estimate of drug-likeness (QED) is 0.819. The third-order valence-corrected chi connectivity index (χ3v) is 3.60. The van der Waals surface area contributed by atoms with Gasteiger partial charge in [0.15, 0.2) is 5.69 Å². The Bertz CT molecular complexity index is 659. The van der Waals surface area contributed by atoms with Crippen molar-refractivity contribution in [3.63, 3.8) is 0 Å². The molecular weight excluding hydrogens is 286 g/mol. The molecule has 2 N–H and O–H groups in total. The maximum atomic E-state index is 11.4. The molecule has 110 valence electrons. The molecule has 0 fully saturated rings. The van der Waals surface area contributed by atoms with Crippen LogP contribution in [-0.2, 0) is 0 Å². The van der Waals surface area contributed by atoms with E-state index in [1.54, 1.807) is 11.8 Å². The summed E-state index contributed by atoms with van der Waals surface area (Å²) in [6, 6.07) is 7.73. The molecule has 0 aliphatic rings. The number of benzene rings is 1. The van der Waals surface area contributed by atoms with Gasteiger partial charge >= 0.3 is 5.97 Å². The first-order valence-electron chi connectivity index (χ1n) is 6.52. The molecule has 2 aromatic rings. The van der Waals surface area contributed by atoms with Crippen LogP contribution in [0.25, 0.3) is 0 Å². The molecule has 0 amide bonds. The Labute approximate surface area is 127 Å². The Kier molecular flexibility index (Phi) is 4.80. The molecule has 0 atom stereocenters. The van der Waals surface area contributed by atoms with Gasteiger partial charge in [-0.3, -0.25) is 0 Å². The Hall–Kier alpha value is -2.08. The van der Waals surface area contributed by atoms with Crippen molar-refractivity contribution in [2.75, 3.05) is 11.6 Å². The topological polar surface area (TPSA) is 75.1 Å². The van der Waals surface area contributed by atoms with Crippen molar-refractivity contribution >= 4 is 29.1 Å². The van der Waals surface area contributed by atoms with Crippen LogP contribution in [0.4, 0.5) is 11.4 Å². The number of hydrogen-bond acceptors (Lipinski definition) is 5. The van der Waals surface area contributed by atoms with E-state index in [4.69, 9.17) is 0 Å². The predicted molar refractivity (Wildman–Crippen MR) is 84.6 cm³/mol. The minimum atomic E-state index is -1.07.